The number of benzene rings is 1. The van der Waals surface area contributed by atoms with Gasteiger partial charge in [0.2, 0.25) is 0 Å². The van der Waals surface area contributed by atoms with Crippen LogP contribution in [0.15, 0.2) is 22.7 Å². The SMILES string of the molecule is N#CC1(C(O)c2ccc(Br)cc2F)CCCOC1. The van der Waals surface area contributed by atoms with Crippen LogP contribution in [-0.2, 0) is 4.74 Å². The maximum atomic E-state index is 13.8. The monoisotopic (exact) mass is 313 g/mol. The molecule has 18 heavy (non-hydrogen) atoms. The molecule has 1 saturated heterocycles. The van der Waals surface area contributed by atoms with Crippen molar-refractivity contribution < 1.29 is 14.2 Å². The molecule has 5 heteroatoms. The van der Waals surface area contributed by atoms with Crippen LogP contribution < -0.4 is 0 Å². The first-order chi connectivity index (χ1) is 8.59. The van der Waals surface area contributed by atoms with Crippen molar-refractivity contribution in [3.63, 3.8) is 0 Å². The summed E-state index contributed by atoms with van der Waals surface area (Å²) in [6, 6.07) is 6.54. The second kappa shape index (κ2) is 5.35. The molecule has 0 radical (unpaired) electrons. The molecule has 0 bridgehead atoms. The van der Waals surface area contributed by atoms with Gasteiger partial charge in [0.15, 0.2) is 0 Å². The topological polar surface area (TPSA) is 53.2 Å². The Morgan fingerprint density at radius 2 is 2.33 bits per heavy atom. The van der Waals surface area contributed by atoms with Crippen molar-refractivity contribution in [1.82, 2.24) is 0 Å². The van der Waals surface area contributed by atoms with Crippen molar-refractivity contribution in [3.05, 3.63) is 34.1 Å². The Bertz CT molecular complexity index is 480. The van der Waals surface area contributed by atoms with Crippen LogP contribution in [0.3, 0.4) is 0 Å². The molecular formula is C13H13BrFNO2. The minimum absolute atomic E-state index is 0.139. The molecule has 3 nitrogen and oxygen atoms in total. The summed E-state index contributed by atoms with van der Waals surface area (Å²) in [7, 11) is 0. The average Bonchev–Trinajstić information content (AvgIpc) is 2.39. The minimum atomic E-state index is -1.17. The fourth-order valence-corrected chi connectivity index (χ4v) is 2.54. The maximum Gasteiger partial charge on any atom is 0.130 e. The predicted molar refractivity (Wildman–Crippen MR) is 67.2 cm³/mol. The Hall–Kier alpha value is -0.960. The Kier molecular flexibility index (Phi) is 4.00. The largest absolute Gasteiger partial charge is 0.387 e. The summed E-state index contributed by atoms with van der Waals surface area (Å²) < 4.78 is 19.7. The lowest BCUT2D eigenvalue weighted by atomic mass is 9.76. The number of aliphatic hydroxyl groups excluding tert-OH is 1. The van der Waals surface area contributed by atoms with Gasteiger partial charge in [0.05, 0.1) is 12.7 Å². The molecule has 0 saturated carbocycles. The molecule has 1 fully saturated rings. The van der Waals surface area contributed by atoms with E-state index in [0.29, 0.717) is 23.9 Å². The molecule has 2 unspecified atom stereocenters. The summed E-state index contributed by atoms with van der Waals surface area (Å²) in [5.74, 6) is -0.517. The van der Waals surface area contributed by atoms with E-state index < -0.39 is 17.3 Å². The number of nitriles is 1. The second-order valence-corrected chi connectivity index (χ2v) is 5.41. The van der Waals surface area contributed by atoms with Gasteiger partial charge in [-0.05, 0) is 25.0 Å². The quantitative estimate of drug-likeness (QED) is 0.913. The van der Waals surface area contributed by atoms with Crippen molar-refractivity contribution in [3.8, 4) is 6.07 Å². The van der Waals surface area contributed by atoms with Gasteiger partial charge in [-0.3, -0.25) is 0 Å². The normalized spacial score (nSPS) is 25.4. The molecule has 0 amide bonds. The van der Waals surface area contributed by atoms with Gasteiger partial charge in [0, 0.05) is 16.6 Å². The van der Waals surface area contributed by atoms with E-state index in [1.807, 2.05) is 0 Å². The van der Waals surface area contributed by atoms with E-state index in [-0.39, 0.29) is 12.2 Å². The third-order valence-corrected chi connectivity index (χ3v) is 3.77. The van der Waals surface area contributed by atoms with E-state index in [2.05, 4.69) is 22.0 Å². The zero-order valence-electron chi connectivity index (χ0n) is 9.70. The molecular weight excluding hydrogens is 301 g/mol. The Balaban J connectivity index is 2.34. The first kappa shape index (κ1) is 13.5. The second-order valence-electron chi connectivity index (χ2n) is 4.49. The Morgan fingerprint density at radius 1 is 1.56 bits per heavy atom. The Labute approximate surface area is 113 Å². The molecule has 1 N–H and O–H groups in total. The number of rotatable bonds is 2. The molecule has 0 spiro atoms. The molecule has 1 aliphatic heterocycles. The summed E-state index contributed by atoms with van der Waals surface area (Å²) in [6.45, 7) is 0.721. The third-order valence-electron chi connectivity index (χ3n) is 3.27. The van der Waals surface area contributed by atoms with Crippen LogP contribution in [0.1, 0.15) is 24.5 Å². The zero-order chi connectivity index (χ0) is 13.2. The number of halogens is 2. The summed E-state index contributed by atoms with van der Waals surface area (Å²) >= 11 is 3.16. The van der Waals surface area contributed by atoms with Crippen LogP contribution in [0.4, 0.5) is 4.39 Å². The van der Waals surface area contributed by atoms with Crippen molar-refractivity contribution in [2.24, 2.45) is 5.41 Å². The fraction of sp³-hybridized carbons (Fsp3) is 0.462. The average molecular weight is 314 g/mol. The van der Waals surface area contributed by atoms with Gasteiger partial charge >= 0.3 is 0 Å². The first-order valence-electron chi connectivity index (χ1n) is 5.71. The van der Waals surface area contributed by atoms with E-state index in [0.717, 1.165) is 0 Å². The highest BCUT2D eigenvalue weighted by Crippen LogP contribution is 2.41. The molecule has 1 heterocycles. The predicted octanol–water partition coefficient (Wildman–Crippen LogP) is 2.94. The van der Waals surface area contributed by atoms with Gasteiger partial charge < -0.3 is 9.84 Å². The molecule has 1 aromatic carbocycles. The third kappa shape index (κ3) is 2.41. The van der Waals surface area contributed by atoms with Crippen molar-refractivity contribution in [2.45, 2.75) is 18.9 Å². The van der Waals surface area contributed by atoms with Crippen molar-refractivity contribution in [2.75, 3.05) is 13.2 Å². The number of nitrogens with zero attached hydrogens (tertiary/aromatic N) is 1. The lowest BCUT2D eigenvalue weighted by Crippen LogP contribution is -2.36. The van der Waals surface area contributed by atoms with E-state index >= 15 is 0 Å². The van der Waals surface area contributed by atoms with E-state index in [4.69, 9.17) is 4.74 Å². The molecule has 2 atom stereocenters. The van der Waals surface area contributed by atoms with Gasteiger partial charge in [-0.15, -0.1) is 0 Å². The zero-order valence-corrected chi connectivity index (χ0v) is 11.3. The lowest BCUT2D eigenvalue weighted by molar-refractivity contribution is -0.0517. The molecule has 96 valence electrons. The van der Waals surface area contributed by atoms with Gasteiger partial charge in [-0.25, -0.2) is 4.39 Å². The van der Waals surface area contributed by atoms with Crippen LogP contribution in [0, 0.1) is 22.6 Å². The van der Waals surface area contributed by atoms with Crippen LogP contribution in [0.2, 0.25) is 0 Å². The highest BCUT2D eigenvalue weighted by molar-refractivity contribution is 9.10. The minimum Gasteiger partial charge on any atom is -0.387 e. The molecule has 2 rings (SSSR count). The Morgan fingerprint density at radius 3 is 2.89 bits per heavy atom. The van der Waals surface area contributed by atoms with Crippen LogP contribution >= 0.6 is 15.9 Å². The standard InChI is InChI=1S/C13H13BrFNO2/c14-9-2-3-10(11(15)6-9)12(17)13(7-16)4-1-5-18-8-13/h2-3,6,12,17H,1,4-5,8H2. The molecule has 0 aromatic heterocycles. The summed E-state index contributed by atoms with van der Waals surface area (Å²) in [6.07, 6.45) is 0.0408. The van der Waals surface area contributed by atoms with Crippen LogP contribution in [0.25, 0.3) is 0 Å². The van der Waals surface area contributed by atoms with E-state index in [1.165, 1.54) is 12.1 Å². The highest BCUT2D eigenvalue weighted by Gasteiger charge is 2.42. The van der Waals surface area contributed by atoms with Gasteiger partial charge in [-0.1, -0.05) is 22.0 Å². The molecule has 1 aliphatic rings. The number of hydrogen-bond acceptors (Lipinski definition) is 3. The van der Waals surface area contributed by atoms with Crippen LogP contribution in [0.5, 0.6) is 0 Å². The van der Waals surface area contributed by atoms with Gasteiger partial charge in [0.25, 0.3) is 0 Å². The van der Waals surface area contributed by atoms with E-state index in [1.54, 1.807) is 6.07 Å². The highest BCUT2D eigenvalue weighted by atomic mass is 79.9. The van der Waals surface area contributed by atoms with Gasteiger partial charge in [-0.2, -0.15) is 5.26 Å². The lowest BCUT2D eigenvalue weighted by Gasteiger charge is -2.35. The van der Waals surface area contributed by atoms with Crippen molar-refractivity contribution >= 4 is 15.9 Å². The van der Waals surface area contributed by atoms with Crippen LogP contribution in [-0.4, -0.2) is 18.3 Å². The number of ether oxygens (including phenoxy) is 1. The smallest absolute Gasteiger partial charge is 0.130 e. The van der Waals surface area contributed by atoms with E-state index in [9.17, 15) is 14.8 Å². The fourth-order valence-electron chi connectivity index (χ4n) is 2.20. The summed E-state index contributed by atoms with van der Waals surface area (Å²) in [5.41, 5.74) is -0.905. The maximum absolute atomic E-state index is 13.8. The first-order valence-corrected chi connectivity index (χ1v) is 6.50. The summed E-state index contributed by atoms with van der Waals surface area (Å²) in [4.78, 5) is 0. The number of hydrogen-bond donors (Lipinski definition) is 1. The number of aliphatic hydroxyl groups is 1. The summed E-state index contributed by atoms with van der Waals surface area (Å²) in [5, 5.41) is 19.6. The molecule has 1 aromatic rings. The van der Waals surface area contributed by atoms with Gasteiger partial charge in [0.1, 0.15) is 17.3 Å². The van der Waals surface area contributed by atoms with Crippen molar-refractivity contribution in [1.29, 1.82) is 5.26 Å². The molecule has 0 aliphatic carbocycles.